The molecule has 7 nitrogen and oxygen atoms in total. The van der Waals surface area contributed by atoms with Crippen molar-refractivity contribution in [2.24, 2.45) is 5.73 Å². The third-order valence-electron chi connectivity index (χ3n) is 2.62. The monoisotopic (exact) mass is 299 g/mol. The molecule has 20 heavy (non-hydrogen) atoms. The molecule has 0 unspecified atom stereocenters. The van der Waals surface area contributed by atoms with Gasteiger partial charge < -0.3 is 10.8 Å². The van der Waals surface area contributed by atoms with Crippen LogP contribution in [0.15, 0.2) is 29.2 Å². The van der Waals surface area contributed by atoms with Crippen molar-refractivity contribution in [2.45, 2.75) is 30.2 Å². The molecule has 1 atom stereocenters. The molecule has 0 spiro atoms. The Kier molecular flexibility index (Phi) is 6.99. The molecule has 0 saturated heterocycles. The summed E-state index contributed by atoms with van der Waals surface area (Å²) in [5, 5.41) is 19.9. The van der Waals surface area contributed by atoms with Gasteiger partial charge in [-0.3, -0.25) is 14.9 Å². The lowest BCUT2D eigenvalue weighted by Crippen LogP contribution is -2.32. The molecule has 4 N–H and O–H groups in total. The van der Waals surface area contributed by atoms with Crippen LogP contribution in [0.2, 0.25) is 0 Å². The minimum Gasteiger partial charge on any atom is -0.480 e. The second-order valence-electron chi connectivity index (χ2n) is 4.12. The topological polar surface area (TPSA) is 118 Å². The predicted molar refractivity (Wildman–Crippen MR) is 76.4 cm³/mol. The van der Waals surface area contributed by atoms with Crippen LogP contribution in [0.25, 0.3) is 0 Å². The summed E-state index contributed by atoms with van der Waals surface area (Å²) in [6.45, 7) is 0.517. The van der Waals surface area contributed by atoms with Crippen LogP contribution in [-0.4, -0.2) is 28.6 Å². The molecule has 1 rings (SSSR count). The molecule has 1 aromatic carbocycles. The molecule has 0 bridgehead atoms. The van der Waals surface area contributed by atoms with Gasteiger partial charge in [0, 0.05) is 6.07 Å². The Hall–Kier alpha value is -1.64. The minimum absolute atomic E-state index is 0.0453. The van der Waals surface area contributed by atoms with E-state index < -0.39 is 16.9 Å². The number of carboxylic acid groups (broad SMARTS) is 1. The van der Waals surface area contributed by atoms with E-state index in [-0.39, 0.29) is 5.69 Å². The van der Waals surface area contributed by atoms with E-state index in [2.05, 4.69) is 4.72 Å². The number of carbonyl (C=O) groups is 1. The van der Waals surface area contributed by atoms with E-state index in [0.717, 1.165) is 18.4 Å². The Labute approximate surface area is 120 Å². The van der Waals surface area contributed by atoms with Crippen molar-refractivity contribution in [1.29, 1.82) is 0 Å². The number of nitrogens with one attached hydrogen (secondary N) is 1. The number of nitro groups is 1. The van der Waals surface area contributed by atoms with E-state index in [9.17, 15) is 14.9 Å². The first-order valence-corrected chi connectivity index (χ1v) is 6.96. The molecular formula is C12H17N3O4S. The second kappa shape index (κ2) is 8.51. The van der Waals surface area contributed by atoms with Gasteiger partial charge in [-0.15, -0.1) is 0 Å². The normalized spacial score (nSPS) is 12.1. The van der Waals surface area contributed by atoms with E-state index in [4.69, 9.17) is 10.8 Å². The van der Waals surface area contributed by atoms with Crippen molar-refractivity contribution < 1.29 is 14.8 Å². The molecule has 0 amide bonds. The smallest absolute Gasteiger partial charge is 0.321 e. The van der Waals surface area contributed by atoms with Crippen LogP contribution < -0.4 is 10.5 Å². The minimum atomic E-state index is -0.979. The lowest BCUT2D eigenvalue weighted by molar-refractivity contribution is -0.387. The van der Waals surface area contributed by atoms with Crippen molar-refractivity contribution >= 4 is 23.6 Å². The van der Waals surface area contributed by atoms with Crippen LogP contribution in [-0.2, 0) is 4.79 Å². The number of hydrogen-bond acceptors (Lipinski definition) is 6. The number of nitro benzene ring substituents is 1. The molecule has 8 heteroatoms. The van der Waals surface area contributed by atoms with Crippen molar-refractivity contribution in [3.05, 3.63) is 34.4 Å². The maximum Gasteiger partial charge on any atom is 0.321 e. The van der Waals surface area contributed by atoms with Gasteiger partial charge in [-0.25, -0.2) is 4.72 Å². The summed E-state index contributed by atoms with van der Waals surface area (Å²) in [5.74, 6) is -0.979. The number of unbranched alkanes of at least 4 members (excludes halogenated alkanes) is 1. The predicted octanol–water partition coefficient (Wildman–Crippen LogP) is 1.77. The van der Waals surface area contributed by atoms with Crippen molar-refractivity contribution in [1.82, 2.24) is 4.72 Å². The number of carboxylic acids is 1. The molecule has 0 aliphatic rings. The molecular weight excluding hydrogens is 282 g/mol. The number of aliphatic carboxylic acids is 1. The number of para-hydroxylation sites is 1. The SMILES string of the molecule is NCCCC[C@H](NSc1ccccc1[N+](=O)[O-])C(=O)O. The summed E-state index contributed by atoms with van der Waals surface area (Å²) in [4.78, 5) is 21.8. The maximum absolute atomic E-state index is 11.1. The fourth-order valence-corrected chi connectivity index (χ4v) is 2.44. The highest BCUT2D eigenvalue weighted by Crippen LogP contribution is 2.27. The van der Waals surface area contributed by atoms with E-state index in [1.807, 2.05) is 0 Å². The lowest BCUT2D eigenvalue weighted by Gasteiger charge is -2.13. The molecule has 0 aliphatic heterocycles. The quantitative estimate of drug-likeness (QED) is 0.275. The molecule has 0 fully saturated rings. The van der Waals surface area contributed by atoms with E-state index in [0.29, 0.717) is 24.3 Å². The maximum atomic E-state index is 11.1. The lowest BCUT2D eigenvalue weighted by atomic mass is 10.1. The van der Waals surface area contributed by atoms with Gasteiger partial charge in [-0.2, -0.15) is 0 Å². The second-order valence-corrected chi connectivity index (χ2v) is 5.00. The average Bonchev–Trinajstić information content (AvgIpc) is 2.42. The van der Waals surface area contributed by atoms with Crippen molar-refractivity contribution in [3.63, 3.8) is 0 Å². The highest BCUT2D eigenvalue weighted by atomic mass is 32.2. The Morgan fingerprint density at radius 1 is 1.45 bits per heavy atom. The van der Waals surface area contributed by atoms with Gasteiger partial charge in [0.2, 0.25) is 0 Å². The number of rotatable bonds is 9. The summed E-state index contributed by atoms with van der Waals surface area (Å²) < 4.78 is 2.76. The van der Waals surface area contributed by atoms with Gasteiger partial charge in [0.05, 0.1) is 4.92 Å². The fourth-order valence-electron chi connectivity index (χ4n) is 1.55. The average molecular weight is 299 g/mol. The molecule has 1 aromatic rings. The van der Waals surface area contributed by atoms with Gasteiger partial charge >= 0.3 is 5.97 Å². The van der Waals surface area contributed by atoms with Crippen LogP contribution in [0.1, 0.15) is 19.3 Å². The Morgan fingerprint density at radius 3 is 2.75 bits per heavy atom. The third kappa shape index (κ3) is 5.16. The molecule has 0 aliphatic carbocycles. The number of nitrogens with zero attached hydrogens (tertiary/aromatic N) is 1. The fraction of sp³-hybridized carbons (Fsp3) is 0.417. The van der Waals surface area contributed by atoms with Crippen LogP contribution >= 0.6 is 11.9 Å². The zero-order valence-corrected chi connectivity index (χ0v) is 11.6. The first-order valence-electron chi connectivity index (χ1n) is 6.15. The zero-order chi connectivity index (χ0) is 15.0. The summed E-state index contributed by atoms with van der Waals surface area (Å²) in [6, 6.07) is 5.44. The molecule has 0 heterocycles. The van der Waals surface area contributed by atoms with Crippen LogP contribution in [0.4, 0.5) is 5.69 Å². The van der Waals surface area contributed by atoms with Crippen LogP contribution in [0.5, 0.6) is 0 Å². The Balaban J connectivity index is 2.63. The summed E-state index contributed by atoms with van der Waals surface area (Å²) >= 11 is 0.966. The van der Waals surface area contributed by atoms with Crippen LogP contribution in [0.3, 0.4) is 0 Å². The van der Waals surface area contributed by atoms with Gasteiger partial charge in [-0.05, 0) is 37.4 Å². The highest BCUT2D eigenvalue weighted by molar-refractivity contribution is 7.97. The van der Waals surface area contributed by atoms with Gasteiger partial charge in [0.25, 0.3) is 5.69 Å². The number of hydrogen-bond donors (Lipinski definition) is 3. The Bertz CT molecular complexity index is 470. The summed E-state index contributed by atoms with van der Waals surface area (Å²) in [5.41, 5.74) is 5.32. The van der Waals surface area contributed by atoms with E-state index in [1.54, 1.807) is 18.2 Å². The summed E-state index contributed by atoms with van der Waals surface area (Å²) in [6.07, 6.45) is 1.87. The Morgan fingerprint density at radius 2 is 2.15 bits per heavy atom. The first-order chi connectivity index (χ1) is 9.56. The third-order valence-corrected chi connectivity index (χ3v) is 3.59. The van der Waals surface area contributed by atoms with Gasteiger partial charge in [0.1, 0.15) is 10.9 Å². The number of benzene rings is 1. The standard InChI is InChI=1S/C12H17N3O4S/c13-8-4-3-5-9(12(16)17)14-20-11-7-2-1-6-10(11)15(18)19/h1-2,6-7,9,14H,3-5,8,13H2,(H,16,17)/t9-/m0/s1. The highest BCUT2D eigenvalue weighted by Gasteiger charge is 2.19. The molecule has 0 radical (unpaired) electrons. The van der Waals surface area contributed by atoms with E-state index in [1.165, 1.54) is 6.07 Å². The van der Waals surface area contributed by atoms with E-state index >= 15 is 0 Å². The van der Waals surface area contributed by atoms with Crippen molar-refractivity contribution in [3.8, 4) is 0 Å². The first kappa shape index (κ1) is 16.4. The summed E-state index contributed by atoms with van der Waals surface area (Å²) in [7, 11) is 0. The zero-order valence-electron chi connectivity index (χ0n) is 10.8. The molecule has 110 valence electrons. The molecule has 0 aromatic heterocycles. The van der Waals surface area contributed by atoms with Gasteiger partial charge in [-0.1, -0.05) is 18.6 Å². The van der Waals surface area contributed by atoms with Crippen molar-refractivity contribution in [2.75, 3.05) is 6.54 Å². The largest absolute Gasteiger partial charge is 0.480 e. The van der Waals surface area contributed by atoms with Gasteiger partial charge in [0.15, 0.2) is 0 Å². The van der Waals surface area contributed by atoms with Crippen LogP contribution in [0, 0.1) is 10.1 Å². The molecule has 0 saturated carbocycles. The number of nitrogens with two attached hydrogens (primary N) is 1.